The van der Waals surface area contributed by atoms with Gasteiger partial charge in [0.1, 0.15) is 0 Å². The molecule has 2 aliphatic rings. The highest BCUT2D eigenvalue weighted by atomic mass is 16.5. The summed E-state index contributed by atoms with van der Waals surface area (Å²) in [5.41, 5.74) is 0. The molecule has 1 amide bonds. The number of amides is 1. The summed E-state index contributed by atoms with van der Waals surface area (Å²) in [6.07, 6.45) is 2.83. The van der Waals surface area contributed by atoms with Crippen molar-refractivity contribution in [3.63, 3.8) is 0 Å². The average molecular weight is 225 g/mol. The van der Waals surface area contributed by atoms with Crippen LogP contribution in [0.15, 0.2) is 0 Å². The van der Waals surface area contributed by atoms with Gasteiger partial charge < -0.3 is 9.64 Å². The number of rotatable bonds is 2. The van der Waals surface area contributed by atoms with Crippen LogP contribution in [0.1, 0.15) is 26.2 Å². The van der Waals surface area contributed by atoms with Crippen LogP contribution in [0.3, 0.4) is 0 Å². The van der Waals surface area contributed by atoms with Crippen molar-refractivity contribution in [1.82, 2.24) is 4.90 Å². The molecule has 1 saturated heterocycles. The van der Waals surface area contributed by atoms with Crippen molar-refractivity contribution >= 4 is 11.9 Å². The Bertz CT molecular complexity index is 299. The molecular formula is C12H19NO3. The lowest BCUT2D eigenvalue weighted by Crippen LogP contribution is -2.45. The first-order valence-electron chi connectivity index (χ1n) is 6.00. The van der Waals surface area contributed by atoms with Gasteiger partial charge in [0.25, 0.3) is 0 Å². The van der Waals surface area contributed by atoms with Gasteiger partial charge in [-0.15, -0.1) is 0 Å². The number of nitrogens with zero attached hydrogens (tertiary/aromatic N) is 1. The van der Waals surface area contributed by atoms with Crippen LogP contribution in [0.2, 0.25) is 0 Å². The molecule has 90 valence electrons. The summed E-state index contributed by atoms with van der Waals surface area (Å²) in [6, 6.07) is 0. The summed E-state index contributed by atoms with van der Waals surface area (Å²) in [5, 5.41) is 0. The van der Waals surface area contributed by atoms with Gasteiger partial charge in [-0.05, 0) is 25.2 Å². The van der Waals surface area contributed by atoms with Gasteiger partial charge in [-0.3, -0.25) is 9.59 Å². The van der Waals surface area contributed by atoms with Crippen LogP contribution >= 0.6 is 0 Å². The van der Waals surface area contributed by atoms with Crippen LogP contribution in [-0.2, 0) is 14.3 Å². The number of methoxy groups -OCH3 is 1. The fourth-order valence-electron chi connectivity index (χ4n) is 2.44. The van der Waals surface area contributed by atoms with Gasteiger partial charge in [-0.1, -0.05) is 6.92 Å². The van der Waals surface area contributed by atoms with Crippen LogP contribution < -0.4 is 0 Å². The van der Waals surface area contributed by atoms with Gasteiger partial charge in [0, 0.05) is 19.0 Å². The normalized spacial score (nSPS) is 30.0. The standard InChI is InChI=1S/C12H19NO3/c1-8-7-13(11(14)9-3-4-9)6-5-10(8)12(15)16-2/h8-10H,3-7H2,1-2H3/t8-,10-/m0/s1. The molecule has 0 radical (unpaired) electrons. The van der Waals surface area contributed by atoms with E-state index in [0.29, 0.717) is 13.1 Å². The lowest BCUT2D eigenvalue weighted by molar-refractivity contribution is -0.151. The molecule has 0 unspecified atom stereocenters. The summed E-state index contributed by atoms with van der Waals surface area (Å²) in [6.45, 7) is 3.43. The molecule has 4 nitrogen and oxygen atoms in total. The van der Waals surface area contributed by atoms with Gasteiger partial charge in [0.15, 0.2) is 0 Å². The van der Waals surface area contributed by atoms with Crippen molar-refractivity contribution in [2.24, 2.45) is 17.8 Å². The molecule has 0 aromatic carbocycles. The third kappa shape index (κ3) is 2.20. The molecule has 1 saturated carbocycles. The highest BCUT2D eigenvalue weighted by Crippen LogP contribution is 2.33. The van der Waals surface area contributed by atoms with Gasteiger partial charge >= 0.3 is 5.97 Å². The van der Waals surface area contributed by atoms with E-state index in [1.165, 1.54) is 7.11 Å². The first kappa shape index (κ1) is 11.4. The maximum Gasteiger partial charge on any atom is 0.309 e. The molecule has 0 spiro atoms. The Hall–Kier alpha value is -1.06. The van der Waals surface area contributed by atoms with Crippen molar-refractivity contribution in [2.75, 3.05) is 20.2 Å². The van der Waals surface area contributed by atoms with Gasteiger partial charge in [-0.2, -0.15) is 0 Å². The van der Waals surface area contributed by atoms with E-state index in [1.54, 1.807) is 0 Å². The van der Waals surface area contributed by atoms with Crippen molar-refractivity contribution in [3.8, 4) is 0 Å². The van der Waals surface area contributed by atoms with Crippen molar-refractivity contribution in [3.05, 3.63) is 0 Å². The predicted octanol–water partition coefficient (Wildman–Crippen LogP) is 1.05. The Morgan fingerprint density at radius 3 is 2.44 bits per heavy atom. The highest BCUT2D eigenvalue weighted by Gasteiger charge is 2.38. The zero-order valence-electron chi connectivity index (χ0n) is 9.94. The Balaban J connectivity index is 1.91. The third-order valence-electron chi connectivity index (χ3n) is 3.65. The zero-order chi connectivity index (χ0) is 11.7. The lowest BCUT2D eigenvalue weighted by Gasteiger charge is -2.35. The monoisotopic (exact) mass is 225 g/mol. The first-order valence-corrected chi connectivity index (χ1v) is 6.00. The smallest absolute Gasteiger partial charge is 0.309 e. The molecule has 2 rings (SSSR count). The molecule has 2 fully saturated rings. The van der Waals surface area contributed by atoms with Gasteiger partial charge in [0.05, 0.1) is 13.0 Å². The Labute approximate surface area is 95.9 Å². The van der Waals surface area contributed by atoms with Crippen LogP contribution in [-0.4, -0.2) is 37.0 Å². The Morgan fingerprint density at radius 1 is 1.25 bits per heavy atom. The quantitative estimate of drug-likeness (QED) is 0.660. The number of piperidine rings is 1. The molecule has 16 heavy (non-hydrogen) atoms. The summed E-state index contributed by atoms with van der Waals surface area (Å²) in [5.74, 6) is 0.611. The third-order valence-corrected chi connectivity index (χ3v) is 3.65. The first-order chi connectivity index (χ1) is 7.63. The van der Waals surface area contributed by atoms with E-state index in [0.717, 1.165) is 19.3 Å². The molecule has 2 atom stereocenters. The van der Waals surface area contributed by atoms with Crippen LogP contribution in [0, 0.1) is 17.8 Å². The number of ether oxygens (including phenoxy) is 1. The number of esters is 1. The minimum atomic E-state index is -0.133. The van der Waals surface area contributed by atoms with Crippen molar-refractivity contribution in [1.29, 1.82) is 0 Å². The Kier molecular flexibility index (Phi) is 3.17. The molecule has 1 heterocycles. The summed E-state index contributed by atoms with van der Waals surface area (Å²) in [7, 11) is 1.43. The van der Waals surface area contributed by atoms with E-state index >= 15 is 0 Å². The molecule has 1 aliphatic heterocycles. The van der Waals surface area contributed by atoms with E-state index in [1.807, 2.05) is 11.8 Å². The van der Waals surface area contributed by atoms with E-state index in [2.05, 4.69) is 0 Å². The fraction of sp³-hybridized carbons (Fsp3) is 0.833. The molecule has 4 heteroatoms. The second kappa shape index (κ2) is 4.44. The minimum absolute atomic E-state index is 0.0340. The van der Waals surface area contributed by atoms with E-state index < -0.39 is 0 Å². The van der Waals surface area contributed by atoms with E-state index in [-0.39, 0.29) is 29.6 Å². The molecule has 1 aliphatic carbocycles. The second-order valence-electron chi connectivity index (χ2n) is 4.95. The van der Waals surface area contributed by atoms with Crippen LogP contribution in [0.4, 0.5) is 0 Å². The van der Waals surface area contributed by atoms with Crippen molar-refractivity contribution in [2.45, 2.75) is 26.2 Å². The van der Waals surface area contributed by atoms with E-state index in [9.17, 15) is 9.59 Å². The number of carbonyl (C=O) groups excluding carboxylic acids is 2. The van der Waals surface area contributed by atoms with Gasteiger partial charge in [0.2, 0.25) is 5.91 Å². The second-order valence-corrected chi connectivity index (χ2v) is 4.95. The molecule has 0 bridgehead atoms. The molecule has 0 aromatic rings. The lowest BCUT2D eigenvalue weighted by atomic mass is 9.87. The SMILES string of the molecule is COC(=O)[C@H]1CCN(C(=O)C2CC2)C[C@@H]1C. The summed E-state index contributed by atoms with van der Waals surface area (Å²) >= 11 is 0. The Morgan fingerprint density at radius 2 is 1.94 bits per heavy atom. The summed E-state index contributed by atoms with van der Waals surface area (Å²) < 4.78 is 4.77. The predicted molar refractivity (Wildman–Crippen MR) is 58.6 cm³/mol. The molecular weight excluding hydrogens is 206 g/mol. The number of hydrogen-bond donors (Lipinski definition) is 0. The largest absolute Gasteiger partial charge is 0.469 e. The summed E-state index contributed by atoms with van der Waals surface area (Å²) in [4.78, 5) is 25.3. The maximum absolute atomic E-state index is 11.9. The maximum atomic E-state index is 11.9. The highest BCUT2D eigenvalue weighted by molar-refractivity contribution is 5.81. The topological polar surface area (TPSA) is 46.6 Å². The molecule has 0 N–H and O–H groups in total. The number of hydrogen-bond acceptors (Lipinski definition) is 3. The minimum Gasteiger partial charge on any atom is -0.469 e. The van der Waals surface area contributed by atoms with Gasteiger partial charge in [-0.25, -0.2) is 0 Å². The number of carbonyl (C=O) groups is 2. The van der Waals surface area contributed by atoms with Crippen LogP contribution in [0.25, 0.3) is 0 Å². The van der Waals surface area contributed by atoms with Crippen molar-refractivity contribution < 1.29 is 14.3 Å². The van der Waals surface area contributed by atoms with Crippen LogP contribution in [0.5, 0.6) is 0 Å². The average Bonchev–Trinajstić information content (AvgIpc) is 3.10. The fourth-order valence-corrected chi connectivity index (χ4v) is 2.44. The molecule has 0 aromatic heterocycles. The van der Waals surface area contributed by atoms with E-state index in [4.69, 9.17) is 4.74 Å². The zero-order valence-corrected chi connectivity index (χ0v) is 9.94. The number of likely N-dealkylation sites (tertiary alicyclic amines) is 1.